The molecule has 0 atom stereocenters. The number of ether oxygens (including phenoxy) is 1. The molecular formula is C12H14F2N2O2S. The van der Waals surface area contributed by atoms with E-state index in [-0.39, 0.29) is 17.2 Å². The molecule has 19 heavy (non-hydrogen) atoms. The molecule has 104 valence electrons. The first-order chi connectivity index (χ1) is 8.90. The van der Waals surface area contributed by atoms with Gasteiger partial charge in [-0.3, -0.25) is 4.79 Å². The van der Waals surface area contributed by atoms with Crippen molar-refractivity contribution in [3.8, 4) is 5.75 Å². The largest absolute Gasteiger partial charge is 0.435 e. The van der Waals surface area contributed by atoms with Crippen LogP contribution in [0.3, 0.4) is 0 Å². The van der Waals surface area contributed by atoms with Gasteiger partial charge in [-0.1, -0.05) is 18.3 Å². The SMILES string of the molecule is CN(CCC(N)=S)C(=O)c1cccc(OC(F)F)c1. The number of rotatable bonds is 6. The van der Waals surface area contributed by atoms with Gasteiger partial charge in [-0.15, -0.1) is 0 Å². The smallest absolute Gasteiger partial charge is 0.387 e. The number of benzene rings is 1. The quantitative estimate of drug-likeness (QED) is 0.814. The molecule has 0 radical (unpaired) electrons. The summed E-state index contributed by atoms with van der Waals surface area (Å²) in [6.45, 7) is -2.55. The number of carbonyl (C=O) groups excluding carboxylic acids is 1. The van der Waals surface area contributed by atoms with Crippen molar-refractivity contribution >= 4 is 23.1 Å². The van der Waals surface area contributed by atoms with E-state index in [1.54, 1.807) is 7.05 Å². The van der Waals surface area contributed by atoms with Crippen LogP contribution >= 0.6 is 12.2 Å². The van der Waals surface area contributed by atoms with Gasteiger partial charge in [0, 0.05) is 25.6 Å². The van der Waals surface area contributed by atoms with E-state index in [0.29, 0.717) is 18.0 Å². The zero-order chi connectivity index (χ0) is 14.4. The maximum Gasteiger partial charge on any atom is 0.387 e. The van der Waals surface area contributed by atoms with Crippen molar-refractivity contribution < 1.29 is 18.3 Å². The highest BCUT2D eigenvalue weighted by molar-refractivity contribution is 7.80. The van der Waals surface area contributed by atoms with Gasteiger partial charge < -0.3 is 15.4 Å². The molecule has 0 aliphatic rings. The zero-order valence-corrected chi connectivity index (χ0v) is 11.1. The number of hydrogen-bond acceptors (Lipinski definition) is 3. The maximum absolute atomic E-state index is 12.1. The molecule has 0 spiro atoms. The molecule has 0 saturated carbocycles. The third kappa shape index (κ3) is 5.17. The van der Waals surface area contributed by atoms with Gasteiger partial charge in [0.1, 0.15) is 5.75 Å². The monoisotopic (exact) mass is 288 g/mol. The summed E-state index contributed by atoms with van der Waals surface area (Å²) in [5.41, 5.74) is 5.62. The molecule has 4 nitrogen and oxygen atoms in total. The maximum atomic E-state index is 12.1. The number of hydrogen-bond donors (Lipinski definition) is 1. The molecule has 1 aromatic rings. The fourth-order valence-corrected chi connectivity index (χ4v) is 1.50. The summed E-state index contributed by atoms with van der Waals surface area (Å²) in [6, 6.07) is 5.63. The van der Waals surface area contributed by atoms with Gasteiger partial charge in [0.05, 0.1) is 4.99 Å². The Kier molecular flexibility index (Phi) is 5.62. The second kappa shape index (κ2) is 6.98. The van der Waals surface area contributed by atoms with Gasteiger partial charge >= 0.3 is 6.61 Å². The average Bonchev–Trinajstić information content (AvgIpc) is 2.34. The Bertz CT molecular complexity index is 469. The van der Waals surface area contributed by atoms with Crippen LogP contribution in [-0.2, 0) is 0 Å². The van der Waals surface area contributed by atoms with E-state index < -0.39 is 6.61 Å². The standard InChI is InChI=1S/C12H14F2N2O2S/c1-16(6-5-10(15)19)11(17)8-3-2-4-9(7-8)18-12(13)14/h2-4,7,12H,5-6H2,1H3,(H2,15,19). The summed E-state index contributed by atoms with van der Waals surface area (Å²) >= 11 is 4.72. The Hall–Kier alpha value is -1.76. The molecule has 1 aromatic carbocycles. The van der Waals surface area contributed by atoms with Gasteiger partial charge in [0.15, 0.2) is 0 Å². The number of carbonyl (C=O) groups is 1. The summed E-state index contributed by atoms with van der Waals surface area (Å²) in [5, 5.41) is 0. The minimum Gasteiger partial charge on any atom is -0.435 e. The van der Waals surface area contributed by atoms with Crippen LogP contribution in [0.15, 0.2) is 24.3 Å². The molecule has 1 rings (SSSR count). The number of amides is 1. The molecule has 0 unspecified atom stereocenters. The van der Waals surface area contributed by atoms with E-state index in [1.807, 2.05) is 0 Å². The average molecular weight is 288 g/mol. The Morgan fingerprint density at radius 2 is 2.21 bits per heavy atom. The van der Waals surface area contributed by atoms with Crippen LogP contribution in [0, 0.1) is 0 Å². The fraction of sp³-hybridized carbons (Fsp3) is 0.333. The molecular weight excluding hydrogens is 274 g/mol. The highest BCUT2D eigenvalue weighted by Crippen LogP contribution is 2.17. The third-order valence-corrected chi connectivity index (χ3v) is 2.55. The molecule has 0 heterocycles. The van der Waals surface area contributed by atoms with Crippen LogP contribution in [0.4, 0.5) is 8.78 Å². The van der Waals surface area contributed by atoms with Gasteiger partial charge in [-0.25, -0.2) is 0 Å². The fourth-order valence-electron chi connectivity index (χ4n) is 1.41. The van der Waals surface area contributed by atoms with E-state index in [2.05, 4.69) is 4.74 Å². The molecule has 0 saturated heterocycles. The van der Waals surface area contributed by atoms with Crippen molar-refractivity contribution in [1.82, 2.24) is 4.90 Å². The lowest BCUT2D eigenvalue weighted by molar-refractivity contribution is -0.0499. The number of thiocarbonyl (C=S) groups is 1. The summed E-state index contributed by atoms with van der Waals surface area (Å²) in [4.78, 5) is 13.7. The third-order valence-electron chi connectivity index (χ3n) is 2.35. The van der Waals surface area contributed by atoms with Crippen molar-refractivity contribution in [2.45, 2.75) is 13.0 Å². The Balaban J connectivity index is 2.73. The van der Waals surface area contributed by atoms with Crippen LogP contribution < -0.4 is 10.5 Å². The van der Waals surface area contributed by atoms with Crippen molar-refractivity contribution in [3.05, 3.63) is 29.8 Å². The first-order valence-corrected chi connectivity index (χ1v) is 5.89. The lowest BCUT2D eigenvalue weighted by Gasteiger charge is -2.17. The zero-order valence-electron chi connectivity index (χ0n) is 10.3. The molecule has 0 aromatic heterocycles. The van der Waals surface area contributed by atoms with E-state index in [1.165, 1.54) is 29.2 Å². The highest BCUT2D eigenvalue weighted by Gasteiger charge is 2.13. The molecule has 2 N–H and O–H groups in total. The molecule has 0 fully saturated rings. The number of alkyl halides is 2. The lowest BCUT2D eigenvalue weighted by atomic mass is 10.2. The van der Waals surface area contributed by atoms with Crippen LogP contribution in [-0.4, -0.2) is 36.0 Å². The Morgan fingerprint density at radius 1 is 1.53 bits per heavy atom. The Morgan fingerprint density at radius 3 is 2.79 bits per heavy atom. The second-order valence-electron chi connectivity index (χ2n) is 3.85. The summed E-state index contributed by atoms with van der Waals surface area (Å²) in [6.07, 6.45) is 0.408. The van der Waals surface area contributed by atoms with Crippen molar-refractivity contribution in [1.29, 1.82) is 0 Å². The Labute approximate surface area is 115 Å². The predicted octanol–water partition coefficient (Wildman–Crippen LogP) is 2.04. The van der Waals surface area contributed by atoms with E-state index in [4.69, 9.17) is 18.0 Å². The van der Waals surface area contributed by atoms with Crippen LogP contribution in [0.2, 0.25) is 0 Å². The second-order valence-corrected chi connectivity index (χ2v) is 4.37. The first-order valence-electron chi connectivity index (χ1n) is 5.49. The number of nitrogens with zero attached hydrogens (tertiary/aromatic N) is 1. The number of nitrogens with two attached hydrogens (primary N) is 1. The van der Waals surface area contributed by atoms with E-state index in [9.17, 15) is 13.6 Å². The van der Waals surface area contributed by atoms with Crippen molar-refractivity contribution in [2.75, 3.05) is 13.6 Å². The van der Waals surface area contributed by atoms with Gasteiger partial charge in [-0.2, -0.15) is 8.78 Å². The van der Waals surface area contributed by atoms with Gasteiger partial charge in [0.25, 0.3) is 5.91 Å². The number of halogens is 2. The normalized spacial score (nSPS) is 10.3. The van der Waals surface area contributed by atoms with Crippen LogP contribution in [0.5, 0.6) is 5.75 Å². The molecule has 0 aliphatic carbocycles. The topological polar surface area (TPSA) is 55.6 Å². The van der Waals surface area contributed by atoms with Crippen LogP contribution in [0.25, 0.3) is 0 Å². The molecule has 7 heteroatoms. The summed E-state index contributed by atoms with van der Waals surface area (Å²) in [7, 11) is 1.58. The highest BCUT2D eigenvalue weighted by atomic mass is 32.1. The first kappa shape index (κ1) is 15.3. The van der Waals surface area contributed by atoms with Gasteiger partial charge in [0.2, 0.25) is 0 Å². The van der Waals surface area contributed by atoms with Crippen LogP contribution in [0.1, 0.15) is 16.8 Å². The summed E-state index contributed by atoms with van der Waals surface area (Å²) in [5.74, 6) is -0.362. The predicted molar refractivity (Wildman–Crippen MR) is 71.4 cm³/mol. The molecule has 0 aliphatic heterocycles. The van der Waals surface area contributed by atoms with E-state index >= 15 is 0 Å². The van der Waals surface area contributed by atoms with Crippen molar-refractivity contribution in [3.63, 3.8) is 0 Å². The minimum atomic E-state index is -2.92. The molecule has 1 amide bonds. The van der Waals surface area contributed by atoms with E-state index in [0.717, 1.165) is 0 Å². The summed E-state index contributed by atoms with van der Waals surface area (Å²) < 4.78 is 28.4. The van der Waals surface area contributed by atoms with Gasteiger partial charge in [-0.05, 0) is 18.2 Å². The minimum absolute atomic E-state index is 0.0522. The lowest BCUT2D eigenvalue weighted by Crippen LogP contribution is -2.30. The molecule has 0 bridgehead atoms. The van der Waals surface area contributed by atoms with Crippen molar-refractivity contribution in [2.24, 2.45) is 5.73 Å².